The van der Waals surface area contributed by atoms with Crippen LogP contribution in [0.15, 0.2) is 37.1 Å². The Bertz CT molecular complexity index is 1430. The first kappa shape index (κ1) is 26.2. The number of hydrogen-bond acceptors (Lipinski definition) is 8. The van der Waals surface area contributed by atoms with Crippen LogP contribution in [0, 0.1) is 5.92 Å². The molecule has 1 aliphatic heterocycles. The number of aromatic nitrogens is 1. The number of methoxy groups -OCH3 is 1. The first-order valence-corrected chi connectivity index (χ1v) is 14.0. The molecule has 5 rings (SSSR count). The third-order valence-electron chi connectivity index (χ3n) is 7.26. The number of sulfonamides is 1. The number of nitrogens with zero attached hydrogens (tertiary/aromatic N) is 2. The Balaban J connectivity index is 1.32. The molecule has 0 bridgehead atoms. The summed E-state index contributed by atoms with van der Waals surface area (Å²) in [4.78, 5) is 43.7. The molecule has 2 saturated carbocycles. The second kappa shape index (κ2) is 9.73. The molecule has 2 aliphatic carbocycles. The van der Waals surface area contributed by atoms with E-state index in [0.29, 0.717) is 35.4 Å². The summed E-state index contributed by atoms with van der Waals surface area (Å²) in [5, 5.41) is 3.94. The molecule has 3 amide bonds. The standard InChI is InChI=1S/C25H27ClN4O7S/c1-3-14-10-25(14,24(33)29-38(34,35)17-5-6-17)28-22(32)20-9-16(12-30(20)13-31)37-23-19-8-15(26)4-7-18(19)21(36-2)11-27-23/h3-4,7-8,11,13-14,16-17,20H,1,5-6,9-10,12H2,2H3,(H,28,32)(H,29,33)/t14-,16-,20+,25-/m1/s1. The number of carbonyl (C=O) groups is 3. The SMILES string of the molecule is C=C[C@@H]1C[C@]1(NC(=O)[C@@H]1C[C@@H](Oc2ncc(OC)c3ccc(Cl)cc23)CN1C=O)C(=O)NS(=O)(=O)C1CC1. The van der Waals surface area contributed by atoms with Crippen molar-refractivity contribution in [3.63, 3.8) is 0 Å². The van der Waals surface area contributed by atoms with Crippen molar-refractivity contribution in [1.29, 1.82) is 0 Å². The molecule has 1 aromatic carbocycles. The van der Waals surface area contributed by atoms with Gasteiger partial charge in [-0.1, -0.05) is 17.7 Å². The molecule has 2 heterocycles. The summed E-state index contributed by atoms with van der Waals surface area (Å²) in [6, 6.07) is 4.27. The topological polar surface area (TPSA) is 144 Å². The molecule has 0 spiro atoms. The van der Waals surface area contributed by atoms with Crippen LogP contribution in [0.2, 0.25) is 5.02 Å². The maximum absolute atomic E-state index is 13.3. The molecule has 0 unspecified atom stereocenters. The van der Waals surface area contributed by atoms with Crippen molar-refractivity contribution < 1.29 is 32.3 Å². The van der Waals surface area contributed by atoms with E-state index in [0.717, 1.165) is 5.39 Å². The Morgan fingerprint density at radius 1 is 1.29 bits per heavy atom. The summed E-state index contributed by atoms with van der Waals surface area (Å²) >= 11 is 6.18. The summed E-state index contributed by atoms with van der Waals surface area (Å²) in [6.07, 6.45) is 4.34. The summed E-state index contributed by atoms with van der Waals surface area (Å²) in [7, 11) is -2.27. The van der Waals surface area contributed by atoms with E-state index in [2.05, 4.69) is 21.6 Å². The average Bonchev–Trinajstić information content (AvgIpc) is 3.81. The van der Waals surface area contributed by atoms with Crippen LogP contribution in [0.1, 0.15) is 25.7 Å². The van der Waals surface area contributed by atoms with Crippen LogP contribution in [0.5, 0.6) is 11.6 Å². The van der Waals surface area contributed by atoms with Crippen molar-refractivity contribution in [1.82, 2.24) is 19.9 Å². The third kappa shape index (κ3) is 4.78. The lowest BCUT2D eigenvalue weighted by molar-refractivity contribution is -0.134. The minimum atomic E-state index is -3.80. The van der Waals surface area contributed by atoms with Gasteiger partial charge < -0.3 is 19.7 Å². The number of rotatable bonds is 10. The first-order chi connectivity index (χ1) is 18.1. The second-order valence-electron chi connectivity index (χ2n) is 9.80. The van der Waals surface area contributed by atoms with Gasteiger partial charge in [0.2, 0.25) is 28.2 Å². The van der Waals surface area contributed by atoms with Gasteiger partial charge in [-0.3, -0.25) is 19.1 Å². The Kier molecular flexibility index (Phi) is 6.72. The van der Waals surface area contributed by atoms with E-state index in [9.17, 15) is 22.8 Å². The quantitative estimate of drug-likeness (QED) is 0.328. The van der Waals surface area contributed by atoms with Gasteiger partial charge in [0.1, 0.15) is 23.4 Å². The number of halogens is 1. The van der Waals surface area contributed by atoms with Gasteiger partial charge in [-0.15, -0.1) is 6.58 Å². The molecule has 1 aromatic heterocycles. The Morgan fingerprint density at radius 2 is 2.05 bits per heavy atom. The van der Waals surface area contributed by atoms with Crippen molar-refractivity contribution in [3.8, 4) is 11.6 Å². The summed E-state index contributed by atoms with van der Waals surface area (Å²) in [5.41, 5.74) is -1.43. The summed E-state index contributed by atoms with van der Waals surface area (Å²) in [6.45, 7) is 3.80. The number of nitrogens with one attached hydrogen (secondary N) is 2. The minimum absolute atomic E-state index is 0.109. The lowest BCUT2D eigenvalue weighted by Crippen LogP contribution is -2.56. The van der Waals surface area contributed by atoms with Gasteiger partial charge >= 0.3 is 0 Å². The van der Waals surface area contributed by atoms with Crippen LogP contribution in [0.4, 0.5) is 0 Å². The van der Waals surface area contributed by atoms with Gasteiger partial charge in [0, 0.05) is 28.1 Å². The molecular weight excluding hydrogens is 536 g/mol. The lowest BCUT2D eigenvalue weighted by Gasteiger charge is -2.23. The fourth-order valence-corrected chi connectivity index (χ4v) is 6.42. The molecule has 13 heteroatoms. The van der Waals surface area contributed by atoms with Crippen LogP contribution >= 0.6 is 11.6 Å². The zero-order valence-corrected chi connectivity index (χ0v) is 22.1. The third-order valence-corrected chi connectivity index (χ3v) is 9.32. The molecule has 202 valence electrons. The first-order valence-electron chi connectivity index (χ1n) is 12.1. The molecule has 2 aromatic rings. The van der Waals surface area contributed by atoms with Crippen molar-refractivity contribution in [2.24, 2.45) is 5.92 Å². The van der Waals surface area contributed by atoms with E-state index >= 15 is 0 Å². The van der Waals surface area contributed by atoms with E-state index in [1.165, 1.54) is 24.3 Å². The minimum Gasteiger partial charge on any atom is -0.494 e. The van der Waals surface area contributed by atoms with Crippen molar-refractivity contribution in [2.75, 3.05) is 13.7 Å². The highest BCUT2D eigenvalue weighted by atomic mass is 35.5. The zero-order valence-electron chi connectivity index (χ0n) is 20.6. The lowest BCUT2D eigenvalue weighted by atomic mass is 10.1. The van der Waals surface area contributed by atoms with Gasteiger partial charge in [-0.05, 0) is 37.5 Å². The normalized spacial score (nSPS) is 26.5. The second-order valence-corrected chi connectivity index (χ2v) is 12.2. The maximum atomic E-state index is 13.3. The molecule has 38 heavy (non-hydrogen) atoms. The van der Waals surface area contributed by atoms with Crippen molar-refractivity contribution >= 4 is 50.6 Å². The van der Waals surface area contributed by atoms with Crippen LogP contribution in [0.25, 0.3) is 10.8 Å². The van der Waals surface area contributed by atoms with Crippen LogP contribution < -0.4 is 19.5 Å². The number of carbonyl (C=O) groups excluding carboxylic acids is 3. The van der Waals surface area contributed by atoms with Gasteiger partial charge in [0.05, 0.1) is 25.1 Å². The zero-order chi connectivity index (χ0) is 27.2. The van der Waals surface area contributed by atoms with Gasteiger partial charge in [-0.25, -0.2) is 13.4 Å². The van der Waals surface area contributed by atoms with Crippen LogP contribution in [-0.2, 0) is 24.4 Å². The number of benzene rings is 1. The summed E-state index contributed by atoms with van der Waals surface area (Å²) in [5.74, 6) is -0.997. The molecule has 0 radical (unpaired) electrons. The van der Waals surface area contributed by atoms with Gasteiger partial charge in [-0.2, -0.15) is 0 Å². The highest BCUT2D eigenvalue weighted by Crippen LogP contribution is 2.45. The smallest absolute Gasteiger partial charge is 0.259 e. The average molecular weight is 563 g/mol. The van der Waals surface area contributed by atoms with E-state index in [1.54, 1.807) is 18.2 Å². The molecule has 2 N–H and O–H groups in total. The number of likely N-dealkylation sites (tertiary alicyclic amines) is 1. The number of amides is 3. The molecular formula is C25H27ClN4O7S. The fourth-order valence-electron chi connectivity index (χ4n) is 4.88. The predicted molar refractivity (Wildman–Crippen MR) is 138 cm³/mol. The van der Waals surface area contributed by atoms with E-state index in [-0.39, 0.29) is 25.3 Å². The molecule has 3 aliphatic rings. The van der Waals surface area contributed by atoms with Crippen molar-refractivity contribution in [3.05, 3.63) is 42.1 Å². The van der Waals surface area contributed by atoms with E-state index < -0.39 is 50.7 Å². The van der Waals surface area contributed by atoms with Crippen molar-refractivity contribution in [2.45, 2.75) is 48.6 Å². The monoisotopic (exact) mass is 562 g/mol. The van der Waals surface area contributed by atoms with E-state index in [4.69, 9.17) is 21.1 Å². The Morgan fingerprint density at radius 3 is 2.68 bits per heavy atom. The summed E-state index contributed by atoms with van der Waals surface area (Å²) < 4.78 is 38.2. The van der Waals surface area contributed by atoms with Gasteiger partial charge in [0.15, 0.2) is 0 Å². The largest absolute Gasteiger partial charge is 0.494 e. The molecule has 11 nitrogen and oxygen atoms in total. The van der Waals surface area contributed by atoms with Gasteiger partial charge in [0.25, 0.3) is 5.91 Å². The highest BCUT2D eigenvalue weighted by molar-refractivity contribution is 7.91. The molecule has 4 atom stereocenters. The predicted octanol–water partition coefficient (Wildman–Crippen LogP) is 1.54. The number of fused-ring (bicyclic) bond motifs is 1. The van der Waals surface area contributed by atoms with Crippen LogP contribution in [-0.4, -0.2) is 73.1 Å². The van der Waals surface area contributed by atoms with E-state index in [1.807, 2.05) is 0 Å². The highest BCUT2D eigenvalue weighted by Gasteiger charge is 2.61. The molecule has 1 saturated heterocycles. The number of pyridine rings is 1. The Labute approximate surface area is 224 Å². The number of ether oxygens (including phenoxy) is 2. The maximum Gasteiger partial charge on any atom is 0.259 e. The number of hydrogen-bond donors (Lipinski definition) is 2. The van der Waals surface area contributed by atoms with Crippen LogP contribution in [0.3, 0.4) is 0 Å². The molecule has 3 fully saturated rings. The Hall–Kier alpha value is -3.38. The fraction of sp³-hybridized carbons (Fsp3) is 0.440.